The molecule has 2 rings (SSSR count). The summed E-state index contributed by atoms with van der Waals surface area (Å²) < 4.78 is 18.4. The molecule has 0 saturated carbocycles. The van der Waals surface area contributed by atoms with Crippen LogP contribution in [0.25, 0.3) is 0 Å². The minimum absolute atomic E-state index is 0.189. The summed E-state index contributed by atoms with van der Waals surface area (Å²) in [5, 5.41) is 3.00. The quantitative estimate of drug-likeness (QED) is 0.577. The number of hydrogen-bond donors (Lipinski definition) is 3. The van der Waals surface area contributed by atoms with Crippen LogP contribution < -0.4 is 21.3 Å². The van der Waals surface area contributed by atoms with Gasteiger partial charge in [-0.3, -0.25) is 5.43 Å². The molecule has 0 aliphatic rings. The third-order valence-electron chi connectivity index (χ3n) is 2.52. The number of nitrogens with zero attached hydrogens (tertiary/aromatic N) is 2. The molecule has 6 nitrogen and oxygen atoms in total. The Morgan fingerprint density at radius 2 is 2.16 bits per heavy atom. The Kier molecular flexibility index (Phi) is 3.76. The Labute approximate surface area is 109 Å². The van der Waals surface area contributed by atoms with Gasteiger partial charge in [-0.15, -0.1) is 0 Å². The Morgan fingerprint density at radius 1 is 1.37 bits per heavy atom. The van der Waals surface area contributed by atoms with Crippen LogP contribution in [0.3, 0.4) is 0 Å². The Morgan fingerprint density at radius 3 is 2.79 bits per heavy atom. The van der Waals surface area contributed by atoms with Gasteiger partial charge in [0.2, 0.25) is 5.95 Å². The van der Waals surface area contributed by atoms with Gasteiger partial charge in [-0.05, 0) is 19.1 Å². The maximum absolute atomic E-state index is 13.6. The minimum Gasteiger partial charge on any atom is -0.494 e. The molecule has 0 unspecified atom stereocenters. The van der Waals surface area contributed by atoms with Crippen molar-refractivity contribution in [2.24, 2.45) is 5.84 Å². The second-order valence-electron chi connectivity index (χ2n) is 3.84. The molecule has 0 bridgehead atoms. The van der Waals surface area contributed by atoms with Crippen molar-refractivity contribution in [3.63, 3.8) is 0 Å². The number of benzene rings is 1. The first-order valence-electron chi connectivity index (χ1n) is 5.55. The van der Waals surface area contributed by atoms with Crippen molar-refractivity contribution in [1.82, 2.24) is 9.97 Å². The van der Waals surface area contributed by atoms with Crippen LogP contribution in [0, 0.1) is 12.7 Å². The van der Waals surface area contributed by atoms with Crippen molar-refractivity contribution in [3.05, 3.63) is 35.8 Å². The molecule has 0 spiro atoms. The van der Waals surface area contributed by atoms with Crippen molar-refractivity contribution >= 4 is 17.5 Å². The summed E-state index contributed by atoms with van der Waals surface area (Å²) in [7, 11) is 1.42. The molecule has 1 aromatic heterocycles. The molecule has 0 aliphatic carbocycles. The van der Waals surface area contributed by atoms with E-state index in [4.69, 9.17) is 10.6 Å². The standard InChI is InChI=1S/C12H14FN5O/c1-7-6-15-12(18-14)17-11(7)16-8-3-4-10(19-2)9(13)5-8/h3-6H,14H2,1-2H3,(H2,15,16,17,18). The molecule has 100 valence electrons. The summed E-state index contributed by atoms with van der Waals surface area (Å²) >= 11 is 0. The molecule has 7 heteroatoms. The number of nitrogen functional groups attached to an aromatic ring is 1. The number of hydrazine groups is 1. The lowest BCUT2D eigenvalue weighted by Crippen LogP contribution is -2.11. The summed E-state index contributed by atoms with van der Waals surface area (Å²) in [4.78, 5) is 8.11. The number of halogens is 1. The van der Waals surface area contributed by atoms with Gasteiger partial charge in [-0.2, -0.15) is 4.98 Å². The van der Waals surface area contributed by atoms with Gasteiger partial charge in [0.15, 0.2) is 11.6 Å². The molecule has 0 atom stereocenters. The number of nitrogens with two attached hydrogens (primary N) is 1. The van der Waals surface area contributed by atoms with Gasteiger partial charge < -0.3 is 10.1 Å². The predicted octanol–water partition coefficient (Wildman–Crippen LogP) is 1.96. The average molecular weight is 263 g/mol. The van der Waals surface area contributed by atoms with Crippen LogP contribution in [0.4, 0.5) is 21.8 Å². The number of aromatic nitrogens is 2. The fourth-order valence-corrected chi connectivity index (χ4v) is 1.52. The first kappa shape index (κ1) is 13.0. The SMILES string of the molecule is COc1ccc(Nc2nc(NN)ncc2C)cc1F. The molecule has 1 heterocycles. The molecule has 19 heavy (non-hydrogen) atoms. The highest BCUT2D eigenvalue weighted by Crippen LogP contribution is 2.24. The molecular formula is C12H14FN5O. The topological polar surface area (TPSA) is 85.1 Å². The fraction of sp³-hybridized carbons (Fsp3) is 0.167. The Bertz CT molecular complexity index is 590. The van der Waals surface area contributed by atoms with E-state index in [1.165, 1.54) is 19.2 Å². The number of hydrogen-bond acceptors (Lipinski definition) is 6. The number of rotatable bonds is 4. The van der Waals surface area contributed by atoms with Crippen LogP contribution in [0.5, 0.6) is 5.75 Å². The van der Waals surface area contributed by atoms with Gasteiger partial charge in [-0.25, -0.2) is 15.2 Å². The lowest BCUT2D eigenvalue weighted by molar-refractivity contribution is 0.386. The monoisotopic (exact) mass is 263 g/mol. The van der Waals surface area contributed by atoms with E-state index in [0.29, 0.717) is 11.5 Å². The number of methoxy groups -OCH3 is 1. The molecule has 0 fully saturated rings. The van der Waals surface area contributed by atoms with Crippen molar-refractivity contribution in [3.8, 4) is 5.75 Å². The van der Waals surface area contributed by atoms with Crippen LogP contribution in [-0.2, 0) is 0 Å². The summed E-state index contributed by atoms with van der Waals surface area (Å²) in [5.41, 5.74) is 3.73. The number of ether oxygens (including phenoxy) is 1. The maximum atomic E-state index is 13.6. The Balaban J connectivity index is 2.28. The number of aryl methyl sites for hydroxylation is 1. The van der Waals surface area contributed by atoms with E-state index >= 15 is 0 Å². The predicted molar refractivity (Wildman–Crippen MR) is 70.8 cm³/mol. The van der Waals surface area contributed by atoms with E-state index < -0.39 is 5.82 Å². The van der Waals surface area contributed by atoms with Crippen LogP contribution in [0.2, 0.25) is 0 Å². The second kappa shape index (κ2) is 5.49. The summed E-state index contributed by atoms with van der Waals surface area (Å²) in [5.74, 6) is 5.81. The van der Waals surface area contributed by atoms with Crippen molar-refractivity contribution in [1.29, 1.82) is 0 Å². The van der Waals surface area contributed by atoms with Crippen LogP contribution >= 0.6 is 0 Å². The highest BCUT2D eigenvalue weighted by Gasteiger charge is 2.07. The van der Waals surface area contributed by atoms with E-state index in [1.54, 1.807) is 12.3 Å². The van der Waals surface area contributed by atoms with Crippen LogP contribution in [-0.4, -0.2) is 17.1 Å². The highest BCUT2D eigenvalue weighted by molar-refractivity contribution is 5.60. The van der Waals surface area contributed by atoms with E-state index in [2.05, 4.69) is 20.7 Å². The van der Waals surface area contributed by atoms with Crippen LogP contribution in [0.15, 0.2) is 24.4 Å². The van der Waals surface area contributed by atoms with Gasteiger partial charge in [0.25, 0.3) is 0 Å². The Hall–Kier alpha value is -2.41. The third kappa shape index (κ3) is 2.89. The van der Waals surface area contributed by atoms with Gasteiger partial charge in [-0.1, -0.05) is 0 Å². The summed E-state index contributed by atoms with van der Waals surface area (Å²) in [6, 6.07) is 4.56. The molecule has 0 saturated heterocycles. The second-order valence-corrected chi connectivity index (χ2v) is 3.84. The van der Waals surface area contributed by atoms with Gasteiger partial charge >= 0.3 is 0 Å². The summed E-state index contributed by atoms with van der Waals surface area (Å²) in [6.07, 6.45) is 1.62. The zero-order valence-electron chi connectivity index (χ0n) is 10.6. The first-order valence-corrected chi connectivity index (χ1v) is 5.55. The van der Waals surface area contributed by atoms with E-state index in [1.807, 2.05) is 6.92 Å². The van der Waals surface area contributed by atoms with Crippen molar-refractivity contribution in [2.45, 2.75) is 6.92 Å². The lowest BCUT2D eigenvalue weighted by atomic mass is 10.2. The molecule has 2 aromatic rings. The normalized spacial score (nSPS) is 10.1. The zero-order valence-corrected chi connectivity index (χ0v) is 10.6. The fourth-order valence-electron chi connectivity index (χ4n) is 1.52. The van der Waals surface area contributed by atoms with Gasteiger partial charge in [0.05, 0.1) is 7.11 Å². The van der Waals surface area contributed by atoms with E-state index in [-0.39, 0.29) is 11.7 Å². The molecule has 0 radical (unpaired) electrons. The van der Waals surface area contributed by atoms with E-state index in [0.717, 1.165) is 5.56 Å². The molecule has 0 aliphatic heterocycles. The average Bonchev–Trinajstić information content (AvgIpc) is 2.41. The van der Waals surface area contributed by atoms with Gasteiger partial charge in [0, 0.05) is 23.5 Å². The van der Waals surface area contributed by atoms with Crippen molar-refractivity contribution in [2.75, 3.05) is 17.9 Å². The molecular weight excluding hydrogens is 249 g/mol. The van der Waals surface area contributed by atoms with Crippen molar-refractivity contribution < 1.29 is 9.13 Å². The third-order valence-corrected chi connectivity index (χ3v) is 2.52. The van der Waals surface area contributed by atoms with Crippen LogP contribution in [0.1, 0.15) is 5.56 Å². The van der Waals surface area contributed by atoms with Gasteiger partial charge in [0.1, 0.15) is 5.82 Å². The molecule has 4 N–H and O–H groups in total. The molecule has 1 aromatic carbocycles. The zero-order chi connectivity index (χ0) is 13.8. The van der Waals surface area contributed by atoms with E-state index in [9.17, 15) is 4.39 Å². The summed E-state index contributed by atoms with van der Waals surface area (Å²) in [6.45, 7) is 1.84. The maximum Gasteiger partial charge on any atom is 0.239 e. The lowest BCUT2D eigenvalue weighted by Gasteiger charge is -2.10. The minimum atomic E-state index is -0.448. The smallest absolute Gasteiger partial charge is 0.239 e. The largest absolute Gasteiger partial charge is 0.494 e. The highest BCUT2D eigenvalue weighted by atomic mass is 19.1. The molecule has 0 amide bonds. The number of nitrogens with one attached hydrogen (secondary N) is 2. The number of anilines is 3. The first-order chi connectivity index (χ1) is 9.13.